The normalized spacial score (nSPS) is 24.8. The molecule has 2 heterocycles. The van der Waals surface area contributed by atoms with Crippen LogP contribution in [0.5, 0.6) is 0 Å². The number of aromatic nitrogens is 2. The molecule has 0 amide bonds. The molecule has 108 valence electrons. The monoisotopic (exact) mass is 269 g/mol. The molecular weight excluding hydrogens is 246 g/mol. The number of aliphatic hydroxyl groups excluding tert-OH is 1. The minimum atomic E-state index is 0.0390. The van der Waals surface area contributed by atoms with Crippen molar-refractivity contribution in [3.8, 4) is 0 Å². The molecule has 1 unspecified atom stereocenters. The Bertz CT molecular complexity index is 390. The van der Waals surface area contributed by atoms with Crippen molar-refractivity contribution in [1.29, 1.82) is 0 Å². The molecular formula is C13H23N3O3. The van der Waals surface area contributed by atoms with Gasteiger partial charge in [-0.05, 0) is 25.8 Å². The number of ether oxygens (including phenoxy) is 1. The molecule has 0 saturated carbocycles. The van der Waals surface area contributed by atoms with Gasteiger partial charge in [0.25, 0.3) is 5.89 Å². The summed E-state index contributed by atoms with van der Waals surface area (Å²) in [5.41, 5.74) is 0.0390. The van der Waals surface area contributed by atoms with E-state index in [4.69, 9.17) is 9.26 Å². The van der Waals surface area contributed by atoms with Gasteiger partial charge in [0.2, 0.25) is 0 Å². The van der Waals surface area contributed by atoms with Gasteiger partial charge in [-0.1, -0.05) is 12.1 Å². The molecule has 1 aliphatic rings. The molecule has 0 bridgehead atoms. The van der Waals surface area contributed by atoms with E-state index in [9.17, 15) is 5.11 Å². The van der Waals surface area contributed by atoms with Crippen LogP contribution in [0.2, 0.25) is 0 Å². The van der Waals surface area contributed by atoms with Crippen molar-refractivity contribution in [3.63, 3.8) is 0 Å². The van der Waals surface area contributed by atoms with Gasteiger partial charge in [0, 0.05) is 25.7 Å². The van der Waals surface area contributed by atoms with Gasteiger partial charge in [0.1, 0.15) is 6.61 Å². The zero-order valence-electron chi connectivity index (χ0n) is 11.8. The van der Waals surface area contributed by atoms with Gasteiger partial charge in [0.15, 0.2) is 5.82 Å². The van der Waals surface area contributed by atoms with Crippen LogP contribution in [-0.2, 0) is 17.9 Å². The molecule has 1 aliphatic heterocycles. The molecule has 2 rings (SSSR count). The van der Waals surface area contributed by atoms with Gasteiger partial charge in [-0.3, -0.25) is 4.90 Å². The van der Waals surface area contributed by atoms with Gasteiger partial charge in [-0.15, -0.1) is 0 Å². The summed E-state index contributed by atoms with van der Waals surface area (Å²) in [5.74, 6) is 1.20. The zero-order chi connectivity index (χ0) is 13.7. The second kappa shape index (κ2) is 6.45. The second-order valence-electron chi connectivity index (χ2n) is 5.36. The molecule has 0 aliphatic carbocycles. The van der Waals surface area contributed by atoms with E-state index in [0.717, 1.165) is 32.4 Å². The van der Waals surface area contributed by atoms with Crippen LogP contribution in [-0.4, -0.2) is 47.0 Å². The van der Waals surface area contributed by atoms with Crippen LogP contribution in [0.3, 0.4) is 0 Å². The van der Waals surface area contributed by atoms with Gasteiger partial charge < -0.3 is 14.4 Å². The molecule has 0 radical (unpaired) electrons. The number of nitrogens with zero attached hydrogens (tertiary/aromatic N) is 3. The van der Waals surface area contributed by atoms with Crippen molar-refractivity contribution in [2.75, 3.05) is 26.8 Å². The van der Waals surface area contributed by atoms with Crippen molar-refractivity contribution < 1.29 is 14.4 Å². The molecule has 6 heteroatoms. The third-order valence-electron chi connectivity index (χ3n) is 3.97. The predicted octanol–water partition coefficient (Wildman–Crippen LogP) is 1.20. The van der Waals surface area contributed by atoms with E-state index in [1.54, 1.807) is 7.11 Å². The standard InChI is InChI=1S/C13H23N3O3/c1-3-13(10-17)5-4-6-16(9-13)7-11-14-12(8-18-2)19-15-11/h17H,3-10H2,1-2H3. The topological polar surface area (TPSA) is 71.6 Å². The predicted molar refractivity (Wildman–Crippen MR) is 69.3 cm³/mol. The Labute approximate surface area is 113 Å². The van der Waals surface area contributed by atoms with E-state index in [1.807, 2.05) is 0 Å². The molecule has 1 saturated heterocycles. The largest absolute Gasteiger partial charge is 0.396 e. The average Bonchev–Trinajstić information content (AvgIpc) is 2.87. The third-order valence-corrected chi connectivity index (χ3v) is 3.97. The van der Waals surface area contributed by atoms with E-state index in [2.05, 4.69) is 22.0 Å². The summed E-state index contributed by atoms with van der Waals surface area (Å²) in [6.07, 6.45) is 3.20. The summed E-state index contributed by atoms with van der Waals surface area (Å²) < 4.78 is 10.0. The van der Waals surface area contributed by atoms with Crippen LogP contribution in [0, 0.1) is 5.41 Å². The van der Waals surface area contributed by atoms with E-state index >= 15 is 0 Å². The number of piperidine rings is 1. The van der Waals surface area contributed by atoms with Crippen LogP contribution in [0.25, 0.3) is 0 Å². The highest BCUT2D eigenvalue weighted by atomic mass is 16.5. The lowest BCUT2D eigenvalue weighted by atomic mass is 9.78. The fourth-order valence-corrected chi connectivity index (χ4v) is 2.71. The van der Waals surface area contributed by atoms with Crippen LogP contribution >= 0.6 is 0 Å². The Kier molecular flexibility index (Phi) is 4.90. The maximum absolute atomic E-state index is 9.61. The molecule has 0 spiro atoms. The quantitative estimate of drug-likeness (QED) is 0.836. The molecule has 1 fully saturated rings. The molecule has 19 heavy (non-hydrogen) atoms. The highest BCUT2D eigenvalue weighted by Crippen LogP contribution is 2.33. The fraction of sp³-hybridized carbons (Fsp3) is 0.846. The molecule has 6 nitrogen and oxygen atoms in total. The number of hydrogen-bond donors (Lipinski definition) is 1. The van der Waals surface area contributed by atoms with Gasteiger partial charge >= 0.3 is 0 Å². The lowest BCUT2D eigenvalue weighted by Gasteiger charge is -2.40. The van der Waals surface area contributed by atoms with E-state index in [-0.39, 0.29) is 12.0 Å². The number of rotatable bonds is 6. The third kappa shape index (κ3) is 3.52. The molecule has 1 aromatic heterocycles. The molecule has 1 aromatic rings. The lowest BCUT2D eigenvalue weighted by Crippen LogP contribution is -2.44. The molecule has 1 N–H and O–H groups in total. The van der Waals surface area contributed by atoms with Crippen molar-refractivity contribution in [3.05, 3.63) is 11.7 Å². The number of aliphatic hydroxyl groups is 1. The second-order valence-corrected chi connectivity index (χ2v) is 5.36. The van der Waals surface area contributed by atoms with E-state index < -0.39 is 0 Å². The SMILES string of the molecule is CCC1(CO)CCCN(Cc2noc(COC)n2)C1. The summed E-state index contributed by atoms with van der Waals surface area (Å²) in [5, 5.41) is 13.6. The first-order valence-electron chi connectivity index (χ1n) is 6.85. The van der Waals surface area contributed by atoms with Crippen LogP contribution in [0.1, 0.15) is 37.9 Å². The van der Waals surface area contributed by atoms with Gasteiger partial charge in [-0.25, -0.2) is 0 Å². The van der Waals surface area contributed by atoms with Crippen molar-refractivity contribution in [2.24, 2.45) is 5.41 Å². The summed E-state index contributed by atoms with van der Waals surface area (Å²) in [7, 11) is 1.60. The summed E-state index contributed by atoms with van der Waals surface area (Å²) in [6, 6.07) is 0. The van der Waals surface area contributed by atoms with E-state index in [0.29, 0.717) is 24.9 Å². The van der Waals surface area contributed by atoms with E-state index in [1.165, 1.54) is 0 Å². The first-order chi connectivity index (χ1) is 9.21. The first-order valence-corrected chi connectivity index (χ1v) is 6.85. The Morgan fingerprint density at radius 1 is 1.53 bits per heavy atom. The number of likely N-dealkylation sites (tertiary alicyclic amines) is 1. The zero-order valence-corrected chi connectivity index (χ0v) is 11.8. The van der Waals surface area contributed by atoms with Gasteiger partial charge in [-0.2, -0.15) is 4.98 Å². The van der Waals surface area contributed by atoms with Crippen LogP contribution < -0.4 is 0 Å². The van der Waals surface area contributed by atoms with Gasteiger partial charge in [0.05, 0.1) is 6.54 Å². The number of hydrogen-bond acceptors (Lipinski definition) is 6. The Hall–Kier alpha value is -0.980. The number of methoxy groups -OCH3 is 1. The minimum Gasteiger partial charge on any atom is -0.396 e. The maximum Gasteiger partial charge on any atom is 0.252 e. The average molecular weight is 269 g/mol. The Morgan fingerprint density at radius 3 is 3.05 bits per heavy atom. The Balaban J connectivity index is 1.94. The smallest absolute Gasteiger partial charge is 0.252 e. The molecule has 1 atom stereocenters. The summed E-state index contributed by atoms with van der Waals surface area (Å²) in [4.78, 5) is 6.58. The van der Waals surface area contributed by atoms with Crippen LogP contribution in [0.4, 0.5) is 0 Å². The molecule has 0 aromatic carbocycles. The minimum absolute atomic E-state index is 0.0390. The van der Waals surface area contributed by atoms with Crippen molar-refractivity contribution in [1.82, 2.24) is 15.0 Å². The van der Waals surface area contributed by atoms with Crippen molar-refractivity contribution >= 4 is 0 Å². The highest BCUT2D eigenvalue weighted by molar-refractivity contribution is 4.90. The lowest BCUT2D eigenvalue weighted by molar-refractivity contribution is 0.0245. The van der Waals surface area contributed by atoms with Crippen molar-refractivity contribution in [2.45, 2.75) is 39.3 Å². The Morgan fingerprint density at radius 2 is 2.37 bits per heavy atom. The summed E-state index contributed by atoms with van der Waals surface area (Å²) >= 11 is 0. The highest BCUT2D eigenvalue weighted by Gasteiger charge is 2.33. The summed E-state index contributed by atoms with van der Waals surface area (Å²) in [6.45, 7) is 5.34. The maximum atomic E-state index is 9.61. The first kappa shape index (κ1) is 14.4. The van der Waals surface area contributed by atoms with Crippen LogP contribution in [0.15, 0.2) is 4.52 Å². The fourth-order valence-electron chi connectivity index (χ4n) is 2.71.